The van der Waals surface area contributed by atoms with E-state index in [0.717, 1.165) is 4.88 Å². The quantitative estimate of drug-likeness (QED) is 0.784. The predicted molar refractivity (Wildman–Crippen MR) is 85.2 cm³/mol. The van der Waals surface area contributed by atoms with Gasteiger partial charge in [0.05, 0.1) is 20.3 Å². The van der Waals surface area contributed by atoms with Crippen LogP contribution in [0.5, 0.6) is 11.5 Å². The van der Waals surface area contributed by atoms with Gasteiger partial charge in [-0.1, -0.05) is 0 Å². The van der Waals surface area contributed by atoms with Crippen LogP contribution in [0, 0.1) is 5.82 Å². The van der Waals surface area contributed by atoms with Crippen LogP contribution in [0.3, 0.4) is 0 Å². The number of rotatable bonds is 4. The van der Waals surface area contributed by atoms with Gasteiger partial charge in [-0.2, -0.15) is 0 Å². The Bertz CT molecular complexity index is 753. The summed E-state index contributed by atoms with van der Waals surface area (Å²) in [5, 5.41) is 2.04. The number of benzene rings is 1. The molecule has 2 aromatic heterocycles. The molecule has 1 atom stereocenters. The molecule has 3 rings (SSSR count). The summed E-state index contributed by atoms with van der Waals surface area (Å²) in [4.78, 5) is 0.933. The van der Waals surface area contributed by atoms with Gasteiger partial charge in [0, 0.05) is 25.9 Å². The van der Waals surface area contributed by atoms with Gasteiger partial charge in [-0.3, -0.25) is 0 Å². The van der Waals surface area contributed by atoms with Crippen LogP contribution in [0.2, 0.25) is 0 Å². The molecule has 0 bridgehead atoms. The van der Waals surface area contributed by atoms with E-state index in [2.05, 4.69) is 0 Å². The van der Waals surface area contributed by atoms with Gasteiger partial charge >= 0.3 is 0 Å². The average molecular weight is 323 g/mol. The monoisotopic (exact) mass is 323 g/mol. The third kappa shape index (κ3) is 2.50. The Balaban J connectivity index is 2.04. The van der Waals surface area contributed by atoms with Gasteiger partial charge in [-0.25, -0.2) is 4.39 Å². The Morgan fingerprint density at radius 1 is 1.10 bits per heavy atom. The van der Waals surface area contributed by atoms with Crippen LogP contribution in [-0.4, -0.2) is 14.2 Å². The summed E-state index contributed by atoms with van der Waals surface area (Å²) in [6, 6.07) is 6.46. The zero-order chi connectivity index (χ0) is 15.0. The van der Waals surface area contributed by atoms with Gasteiger partial charge in [-0.15, -0.1) is 22.7 Å². The predicted octanol–water partition coefficient (Wildman–Crippen LogP) is 4.17. The lowest BCUT2D eigenvalue weighted by molar-refractivity contribution is 0.351. The molecule has 0 saturated carbocycles. The normalized spacial score (nSPS) is 12.6. The lowest BCUT2D eigenvalue weighted by Gasteiger charge is -2.15. The molecule has 0 aliphatic heterocycles. The summed E-state index contributed by atoms with van der Waals surface area (Å²) < 4.78 is 26.9. The van der Waals surface area contributed by atoms with Gasteiger partial charge in [0.25, 0.3) is 0 Å². The standard InChI is InChI=1S/C15H14FNO2S2/c1-18-10-5-8(9(16)6-11(10)19-2)15(17)14-7-13-12(21-14)3-4-20-13/h3-7,15H,17H2,1-2H3. The molecule has 1 unspecified atom stereocenters. The number of nitrogens with two attached hydrogens (primary N) is 1. The minimum absolute atomic E-state index is 0.359. The van der Waals surface area contributed by atoms with Gasteiger partial charge in [-0.05, 0) is 23.6 Å². The lowest BCUT2D eigenvalue weighted by Crippen LogP contribution is -2.12. The molecule has 6 heteroatoms. The molecule has 0 amide bonds. The van der Waals surface area contributed by atoms with Crippen LogP contribution >= 0.6 is 22.7 Å². The number of hydrogen-bond acceptors (Lipinski definition) is 5. The third-order valence-electron chi connectivity index (χ3n) is 3.30. The molecule has 2 heterocycles. The van der Waals surface area contributed by atoms with Crippen LogP contribution < -0.4 is 15.2 Å². The molecular weight excluding hydrogens is 309 g/mol. The summed E-state index contributed by atoms with van der Waals surface area (Å²) in [7, 11) is 3.00. The summed E-state index contributed by atoms with van der Waals surface area (Å²) in [6.45, 7) is 0. The van der Waals surface area contributed by atoms with Crippen molar-refractivity contribution in [1.29, 1.82) is 0 Å². The molecule has 0 radical (unpaired) electrons. The molecule has 0 saturated heterocycles. The Morgan fingerprint density at radius 3 is 2.48 bits per heavy atom. The summed E-state index contributed by atoms with van der Waals surface area (Å²) in [5.74, 6) is 0.442. The van der Waals surface area contributed by atoms with Crippen molar-refractivity contribution in [3.8, 4) is 11.5 Å². The second-order valence-electron chi connectivity index (χ2n) is 4.50. The fraction of sp³-hybridized carbons (Fsp3) is 0.200. The van der Waals surface area contributed by atoms with Crippen molar-refractivity contribution in [2.24, 2.45) is 5.73 Å². The largest absolute Gasteiger partial charge is 0.493 e. The molecule has 21 heavy (non-hydrogen) atoms. The van der Waals surface area contributed by atoms with E-state index in [4.69, 9.17) is 15.2 Å². The first-order valence-corrected chi connectivity index (χ1v) is 7.97. The zero-order valence-corrected chi connectivity index (χ0v) is 13.2. The molecule has 110 valence electrons. The fourth-order valence-electron chi connectivity index (χ4n) is 2.20. The van der Waals surface area contributed by atoms with Crippen molar-refractivity contribution < 1.29 is 13.9 Å². The molecule has 3 aromatic rings. The highest BCUT2D eigenvalue weighted by atomic mass is 32.1. The summed E-state index contributed by atoms with van der Waals surface area (Å²) in [5.41, 5.74) is 6.64. The maximum absolute atomic E-state index is 14.3. The minimum atomic E-state index is -0.519. The van der Waals surface area contributed by atoms with Crippen LogP contribution in [0.25, 0.3) is 9.40 Å². The van der Waals surface area contributed by atoms with Crippen molar-refractivity contribution in [3.05, 3.63) is 45.9 Å². The molecule has 3 nitrogen and oxygen atoms in total. The van der Waals surface area contributed by atoms with Gasteiger partial charge in [0.2, 0.25) is 0 Å². The van der Waals surface area contributed by atoms with Gasteiger partial charge in [0.15, 0.2) is 11.5 Å². The Morgan fingerprint density at radius 2 is 1.81 bits per heavy atom. The van der Waals surface area contributed by atoms with Crippen LogP contribution in [0.1, 0.15) is 16.5 Å². The Hall–Kier alpha value is -1.63. The fourth-order valence-corrected chi connectivity index (χ4v) is 4.34. The van der Waals surface area contributed by atoms with E-state index in [-0.39, 0.29) is 0 Å². The molecule has 1 aromatic carbocycles. The van der Waals surface area contributed by atoms with Crippen LogP contribution in [0.15, 0.2) is 29.6 Å². The number of hydrogen-bond donors (Lipinski definition) is 1. The van der Waals surface area contributed by atoms with Crippen LogP contribution in [-0.2, 0) is 0 Å². The minimum Gasteiger partial charge on any atom is -0.493 e. The van der Waals surface area contributed by atoms with E-state index in [1.165, 1.54) is 29.7 Å². The first-order chi connectivity index (χ1) is 10.1. The number of halogens is 1. The van der Waals surface area contributed by atoms with E-state index < -0.39 is 11.9 Å². The van der Waals surface area contributed by atoms with E-state index in [0.29, 0.717) is 17.1 Å². The average Bonchev–Trinajstić information content (AvgIpc) is 3.07. The highest BCUT2D eigenvalue weighted by Crippen LogP contribution is 2.38. The molecule has 0 spiro atoms. The van der Waals surface area contributed by atoms with Crippen molar-refractivity contribution in [2.45, 2.75) is 6.04 Å². The van der Waals surface area contributed by atoms with E-state index in [1.807, 2.05) is 17.5 Å². The maximum Gasteiger partial charge on any atom is 0.163 e. The Kier molecular flexibility index (Phi) is 3.84. The van der Waals surface area contributed by atoms with Crippen molar-refractivity contribution in [3.63, 3.8) is 0 Å². The molecular formula is C15H14FNO2S2. The zero-order valence-electron chi connectivity index (χ0n) is 11.6. The molecule has 0 aliphatic carbocycles. The van der Waals surface area contributed by atoms with E-state index in [9.17, 15) is 4.39 Å². The van der Waals surface area contributed by atoms with Gasteiger partial charge in [0.1, 0.15) is 5.82 Å². The molecule has 0 aliphatic rings. The third-order valence-corrected chi connectivity index (χ3v) is 5.48. The number of fused-ring (bicyclic) bond motifs is 1. The van der Waals surface area contributed by atoms with Crippen molar-refractivity contribution in [1.82, 2.24) is 0 Å². The first-order valence-electron chi connectivity index (χ1n) is 6.28. The van der Waals surface area contributed by atoms with E-state index in [1.54, 1.807) is 28.7 Å². The second-order valence-corrected chi connectivity index (χ2v) is 6.57. The molecule has 0 fully saturated rings. The van der Waals surface area contributed by atoms with Crippen LogP contribution in [0.4, 0.5) is 4.39 Å². The number of ether oxygens (including phenoxy) is 2. The smallest absolute Gasteiger partial charge is 0.163 e. The second kappa shape index (κ2) is 5.63. The SMILES string of the molecule is COc1cc(F)c(C(N)c2cc3sccc3s2)cc1OC. The van der Waals surface area contributed by atoms with Crippen molar-refractivity contribution in [2.75, 3.05) is 14.2 Å². The van der Waals surface area contributed by atoms with E-state index >= 15 is 0 Å². The topological polar surface area (TPSA) is 44.5 Å². The number of methoxy groups -OCH3 is 2. The van der Waals surface area contributed by atoms with Crippen molar-refractivity contribution >= 4 is 32.1 Å². The number of thiophene rings is 2. The summed E-state index contributed by atoms with van der Waals surface area (Å²) in [6.07, 6.45) is 0. The summed E-state index contributed by atoms with van der Waals surface area (Å²) >= 11 is 3.24. The lowest BCUT2D eigenvalue weighted by atomic mass is 10.0. The molecule has 2 N–H and O–H groups in total. The highest BCUT2D eigenvalue weighted by Gasteiger charge is 2.20. The maximum atomic E-state index is 14.3. The first kappa shape index (κ1) is 14.3. The Labute approximate surface area is 129 Å². The highest BCUT2D eigenvalue weighted by molar-refractivity contribution is 7.27. The van der Waals surface area contributed by atoms with Gasteiger partial charge < -0.3 is 15.2 Å².